The van der Waals surface area contributed by atoms with Gasteiger partial charge in [0.1, 0.15) is 0 Å². The Hall–Kier alpha value is -1.31. The van der Waals surface area contributed by atoms with Crippen LogP contribution in [0.3, 0.4) is 0 Å². The van der Waals surface area contributed by atoms with E-state index in [1.54, 1.807) is 11.8 Å². The maximum absolute atomic E-state index is 12.5. The van der Waals surface area contributed by atoms with Gasteiger partial charge in [-0.05, 0) is 19.8 Å². The van der Waals surface area contributed by atoms with Gasteiger partial charge in [0.25, 0.3) is 0 Å². The number of carboxylic acid groups (broad SMARTS) is 1. The summed E-state index contributed by atoms with van der Waals surface area (Å²) in [5, 5.41) is 10.4. The molecule has 4 nitrogen and oxygen atoms in total. The number of rotatable bonds is 2. The molecule has 1 aliphatic rings. The third-order valence-electron chi connectivity index (χ3n) is 3.27. The zero-order valence-corrected chi connectivity index (χ0v) is 11.0. The molecule has 106 valence electrons. The second kappa shape index (κ2) is 4.66. The molecule has 1 aromatic rings. The second-order valence-electron chi connectivity index (χ2n) is 4.90. The molecule has 1 saturated heterocycles. The standard InChI is InChI=1S/C11H13F3N2O2S/c1-10(8(17)18)3-2-4-16(6-10)9-15-7(5-19-9)11(12,13)14/h5H,2-4,6H2,1H3,(H,17,18). The fraction of sp³-hybridized carbons (Fsp3) is 0.636. The molecular weight excluding hydrogens is 281 g/mol. The van der Waals surface area contributed by atoms with Crippen molar-refractivity contribution >= 4 is 22.4 Å². The highest BCUT2D eigenvalue weighted by molar-refractivity contribution is 7.13. The summed E-state index contributed by atoms with van der Waals surface area (Å²) in [7, 11) is 0. The number of alkyl halides is 3. The van der Waals surface area contributed by atoms with E-state index in [1.807, 2.05) is 0 Å². The molecule has 1 unspecified atom stereocenters. The van der Waals surface area contributed by atoms with E-state index < -0.39 is 23.3 Å². The summed E-state index contributed by atoms with van der Waals surface area (Å²) in [6.07, 6.45) is -3.30. The Morgan fingerprint density at radius 2 is 2.26 bits per heavy atom. The number of aliphatic carboxylic acids is 1. The van der Waals surface area contributed by atoms with Crippen LogP contribution in [0.15, 0.2) is 5.38 Å². The maximum Gasteiger partial charge on any atom is 0.434 e. The third-order valence-corrected chi connectivity index (χ3v) is 4.17. The Morgan fingerprint density at radius 3 is 2.79 bits per heavy atom. The fourth-order valence-corrected chi connectivity index (χ4v) is 2.98. The molecule has 1 fully saturated rings. The quantitative estimate of drug-likeness (QED) is 0.911. The molecule has 2 rings (SSSR count). The van der Waals surface area contributed by atoms with Gasteiger partial charge in [-0.2, -0.15) is 13.2 Å². The van der Waals surface area contributed by atoms with E-state index in [9.17, 15) is 23.1 Å². The fourth-order valence-electron chi connectivity index (χ4n) is 2.12. The van der Waals surface area contributed by atoms with Gasteiger partial charge < -0.3 is 10.0 Å². The first-order valence-electron chi connectivity index (χ1n) is 5.73. The van der Waals surface area contributed by atoms with Gasteiger partial charge in [0, 0.05) is 18.5 Å². The number of nitrogens with zero attached hydrogens (tertiary/aromatic N) is 2. The van der Waals surface area contributed by atoms with E-state index in [2.05, 4.69) is 4.98 Å². The van der Waals surface area contributed by atoms with Crippen molar-refractivity contribution in [1.29, 1.82) is 0 Å². The maximum atomic E-state index is 12.5. The van der Waals surface area contributed by atoms with Crippen molar-refractivity contribution < 1.29 is 23.1 Å². The van der Waals surface area contributed by atoms with Crippen molar-refractivity contribution in [3.63, 3.8) is 0 Å². The summed E-state index contributed by atoms with van der Waals surface area (Å²) in [4.78, 5) is 16.4. The van der Waals surface area contributed by atoms with Crippen molar-refractivity contribution in [1.82, 2.24) is 4.98 Å². The van der Waals surface area contributed by atoms with Crippen molar-refractivity contribution in [3.8, 4) is 0 Å². The molecule has 0 bridgehead atoms. The molecule has 1 aromatic heterocycles. The number of aromatic nitrogens is 1. The highest BCUT2D eigenvalue weighted by Gasteiger charge is 2.40. The summed E-state index contributed by atoms with van der Waals surface area (Å²) in [6, 6.07) is 0. The summed E-state index contributed by atoms with van der Waals surface area (Å²) >= 11 is 0.897. The van der Waals surface area contributed by atoms with Gasteiger partial charge in [-0.1, -0.05) is 0 Å². The van der Waals surface area contributed by atoms with Gasteiger partial charge in [-0.25, -0.2) is 4.98 Å². The van der Waals surface area contributed by atoms with Gasteiger partial charge in [0.15, 0.2) is 10.8 Å². The SMILES string of the molecule is CC1(C(=O)O)CCCN(c2nc(C(F)(F)F)cs2)C1. The van der Waals surface area contributed by atoms with Crippen LogP contribution >= 0.6 is 11.3 Å². The van der Waals surface area contributed by atoms with Crippen LogP contribution in [-0.4, -0.2) is 29.1 Å². The van der Waals surface area contributed by atoms with E-state index in [0.29, 0.717) is 19.4 Å². The molecule has 0 spiro atoms. The van der Waals surface area contributed by atoms with Gasteiger partial charge in [0.2, 0.25) is 0 Å². The minimum Gasteiger partial charge on any atom is -0.481 e. The Bertz CT molecular complexity index is 489. The lowest BCUT2D eigenvalue weighted by Gasteiger charge is -2.37. The summed E-state index contributed by atoms with van der Waals surface area (Å²) in [5.41, 5.74) is -1.85. The Kier molecular flexibility index (Phi) is 3.46. The molecule has 0 amide bonds. The Morgan fingerprint density at radius 1 is 1.58 bits per heavy atom. The number of hydrogen-bond donors (Lipinski definition) is 1. The molecule has 1 N–H and O–H groups in total. The molecule has 1 atom stereocenters. The Labute approximate surface area is 111 Å². The van der Waals surface area contributed by atoms with E-state index in [0.717, 1.165) is 16.7 Å². The van der Waals surface area contributed by atoms with E-state index in [-0.39, 0.29) is 11.7 Å². The average molecular weight is 294 g/mol. The first-order chi connectivity index (χ1) is 8.72. The molecule has 0 aromatic carbocycles. The molecule has 0 radical (unpaired) electrons. The zero-order valence-electron chi connectivity index (χ0n) is 10.2. The normalized spacial score (nSPS) is 24.5. The smallest absolute Gasteiger partial charge is 0.434 e. The largest absolute Gasteiger partial charge is 0.481 e. The van der Waals surface area contributed by atoms with Crippen molar-refractivity contribution in [2.45, 2.75) is 25.9 Å². The lowest BCUT2D eigenvalue weighted by molar-refractivity contribution is -0.148. The molecule has 0 saturated carbocycles. The lowest BCUT2D eigenvalue weighted by atomic mass is 9.82. The van der Waals surface area contributed by atoms with Crippen molar-refractivity contribution in [3.05, 3.63) is 11.1 Å². The van der Waals surface area contributed by atoms with Crippen molar-refractivity contribution in [2.75, 3.05) is 18.0 Å². The summed E-state index contributed by atoms with van der Waals surface area (Å²) in [6.45, 7) is 2.33. The minimum absolute atomic E-state index is 0.188. The first-order valence-corrected chi connectivity index (χ1v) is 6.61. The van der Waals surface area contributed by atoms with Crippen LogP contribution in [0.25, 0.3) is 0 Å². The topological polar surface area (TPSA) is 53.4 Å². The predicted molar refractivity (Wildman–Crippen MR) is 64.3 cm³/mol. The monoisotopic (exact) mass is 294 g/mol. The summed E-state index contributed by atoms with van der Waals surface area (Å²) < 4.78 is 37.4. The van der Waals surface area contributed by atoms with Crippen LogP contribution in [0, 0.1) is 5.41 Å². The number of carbonyl (C=O) groups is 1. The zero-order chi connectivity index (χ0) is 14.3. The number of carboxylic acids is 1. The predicted octanol–water partition coefficient (Wildman–Crippen LogP) is 2.85. The van der Waals surface area contributed by atoms with Crippen LogP contribution in [0.5, 0.6) is 0 Å². The van der Waals surface area contributed by atoms with E-state index in [1.165, 1.54) is 0 Å². The van der Waals surface area contributed by atoms with Crippen LogP contribution in [0.1, 0.15) is 25.5 Å². The third kappa shape index (κ3) is 2.83. The summed E-state index contributed by atoms with van der Waals surface area (Å²) in [5.74, 6) is -0.926. The number of hydrogen-bond acceptors (Lipinski definition) is 4. The number of anilines is 1. The molecular formula is C11H13F3N2O2S. The van der Waals surface area contributed by atoms with Crippen LogP contribution in [0.4, 0.5) is 18.3 Å². The van der Waals surface area contributed by atoms with Gasteiger partial charge >= 0.3 is 12.1 Å². The number of halogens is 3. The number of piperidine rings is 1. The highest BCUT2D eigenvalue weighted by Crippen LogP contribution is 2.37. The molecule has 2 heterocycles. The van der Waals surface area contributed by atoms with Gasteiger partial charge in [-0.15, -0.1) is 11.3 Å². The second-order valence-corrected chi connectivity index (χ2v) is 5.74. The molecule has 1 aliphatic heterocycles. The average Bonchev–Trinajstić information content (AvgIpc) is 2.77. The first kappa shape index (κ1) is 14.1. The number of thiazole rings is 1. The van der Waals surface area contributed by atoms with Crippen molar-refractivity contribution in [2.24, 2.45) is 5.41 Å². The minimum atomic E-state index is -4.46. The lowest BCUT2D eigenvalue weighted by Crippen LogP contribution is -2.46. The molecule has 8 heteroatoms. The Balaban J connectivity index is 2.18. The van der Waals surface area contributed by atoms with Gasteiger partial charge in [-0.3, -0.25) is 4.79 Å². The van der Waals surface area contributed by atoms with E-state index >= 15 is 0 Å². The highest BCUT2D eigenvalue weighted by atomic mass is 32.1. The van der Waals surface area contributed by atoms with Crippen LogP contribution in [0.2, 0.25) is 0 Å². The van der Waals surface area contributed by atoms with Crippen LogP contribution in [-0.2, 0) is 11.0 Å². The van der Waals surface area contributed by atoms with E-state index in [4.69, 9.17) is 0 Å². The van der Waals surface area contributed by atoms with Gasteiger partial charge in [0.05, 0.1) is 5.41 Å². The molecule has 19 heavy (non-hydrogen) atoms. The molecule has 0 aliphatic carbocycles. The van der Waals surface area contributed by atoms with Crippen LogP contribution < -0.4 is 4.90 Å².